The second-order valence-corrected chi connectivity index (χ2v) is 22.4. The molecule has 2 bridgehead atoms. The number of nitrogens with one attached hydrogen (secondary N) is 3. The van der Waals surface area contributed by atoms with Gasteiger partial charge in [0.25, 0.3) is 0 Å². The summed E-state index contributed by atoms with van der Waals surface area (Å²) in [4.78, 5) is 120. The van der Waals surface area contributed by atoms with Crippen molar-refractivity contribution in [1.82, 2.24) is 35.2 Å². The first-order chi connectivity index (χ1) is 35.8. The number of benzene rings is 2. The van der Waals surface area contributed by atoms with E-state index in [1.165, 1.54) is 48.9 Å². The molecule has 0 saturated carbocycles. The van der Waals surface area contributed by atoms with Crippen LogP contribution in [-0.4, -0.2) is 147 Å². The number of phenolic OH excluding ortho intramolecular Hbond substituents is 1. The summed E-state index contributed by atoms with van der Waals surface area (Å²) in [5.74, 6) is -6.92. The molecule has 6 rings (SSSR count). The zero-order valence-corrected chi connectivity index (χ0v) is 46.0. The van der Waals surface area contributed by atoms with Gasteiger partial charge in [-0.05, 0) is 88.0 Å². The highest BCUT2D eigenvalue weighted by Crippen LogP contribution is 2.37. The maximum atomic E-state index is 15.4. The summed E-state index contributed by atoms with van der Waals surface area (Å²) in [7, 11) is 4.35. The summed E-state index contributed by atoms with van der Waals surface area (Å²) in [6, 6.07) is 3.78. The number of hydrogen-bond donors (Lipinski definition) is 4. The Bertz CT molecular complexity index is 2690. The summed E-state index contributed by atoms with van der Waals surface area (Å²) in [5.41, 5.74) is 0.673. The maximum absolute atomic E-state index is 15.4. The van der Waals surface area contributed by atoms with E-state index in [9.17, 15) is 39.2 Å². The summed E-state index contributed by atoms with van der Waals surface area (Å²) >= 11 is 0. The lowest BCUT2D eigenvalue weighted by molar-refractivity contribution is -0.385. The van der Waals surface area contributed by atoms with E-state index in [4.69, 9.17) is 9.47 Å². The summed E-state index contributed by atoms with van der Waals surface area (Å²) in [6.45, 7) is 17.3. The van der Waals surface area contributed by atoms with E-state index in [0.717, 1.165) is 23.0 Å². The lowest BCUT2D eigenvalue weighted by atomic mass is 9.88. The summed E-state index contributed by atoms with van der Waals surface area (Å²) in [5, 5.41) is 31.8. The average Bonchev–Trinajstić information content (AvgIpc) is 4.17. The van der Waals surface area contributed by atoms with Crippen molar-refractivity contribution in [1.29, 1.82) is 0 Å². The number of allylic oxidation sites excluding steroid dienone is 1. The number of hydrogen-bond acceptors (Lipinski definition) is 12. The van der Waals surface area contributed by atoms with E-state index in [1.807, 2.05) is 65.1 Å². The SMILES string of the molecule is C/C=C/C[C@@H]1NC(=O)[C@H](CC(C)C)N2C(=O)[C@H](CC(C)[C@H]2OC)N(C)C(=O)[C@H](C)CC(=O)[C@H](Cc2ccc(O)c([N+](=O)[O-])c2)NC(=O)[C@H](CC(C)C)N(C)C(=O)[C@H](Cc2cn(C(C)(C)[C@H]3CO3)c3ccccc23)NC1=O. The van der Waals surface area contributed by atoms with Gasteiger partial charge < -0.3 is 49.8 Å². The zero-order chi connectivity index (χ0) is 56.1. The highest BCUT2D eigenvalue weighted by molar-refractivity contribution is 5.99. The lowest BCUT2D eigenvalue weighted by Crippen LogP contribution is -2.66. The molecule has 0 spiro atoms. The molecular formula is C56H78N8O12. The summed E-state index contributed by atoms with van der Waals surface area (Å²) < 4.78 is 13.8. The number of aromatic hydroxyl groups is 1. The van der Waals surface area contributed by atoms with Crippen LogP contribution in [0.3, 0.4) is 0 Å². The first kappa shape index (κ1) is 58.6. The van der Waals surface area contributed by atoms with Crippen LogP contribution < -0.4 is 16.0 Å². The first-order valence-electron chi connectivity index (χ1n) is 26.4. The van der Waals surface area contributed by atoms with Crippen molar-refractivity contribution in [2.45, 2.75) is 161 Å². The Hall–Kier alpha value is -6.67. The van der Waals surface area contributed by atoms with Crippen molar-refractivity contribution in [3.8, 4) is 5.75 Å². The van der Waals surface area contributed by atoms with Gasteiger partial charge in [0.2, 0.25) is 35.4 Å². The Morgan fingerprint density at radius 1 is 0.842 bits per heavy atom. The van der Waals surface area contributed by atoms with Crippen LogP contribution in [0.25, 0.3) is 10.9 Å². The van der Waals surface area contributed by atoms with Crippen LogP contribution in [0.4, 0.5) is 5.69 Å². The number of aromatic nitrogens is 1. The average molecular weight is 1060 g/mol. The molecule has 4 heterocycles. The number of fused-ring (bicyclic) bond motifs is 3. The molecule has 3 saturated heterocycles. The zero-order valence-electron chi connectivity index (χ0n) is 46.0. The maximum Gasteiger partial charge on any atom is 0.310 e. The smallest absolute Gasteiger partial charge is 0.310 e. The number of rotatable bonds is 14. The van der Waals surface area contributed by atoms with Gasteiger partial charge in [0.05, 0.1) is 23.1 Å². The quantitative estimate of drug-likeness (QED) is 0.0707. The molecular weight excluding hydrogens is 977 g/mol. The predicted octanol–water partition coefficient (Wildman–Crippen LogP) is 5.16. The van der Waals surface area contributed by atoms with Gasteiger partial charge in [-0.15, -0.1) is 0 Å². The Kier molecular flexibility index (Phi) is 18.9. The number of carbonyl (C=O) groups is 7. The third kappa shape index (κ3) is 13.1. The fourth-order valence-electron chi connectivity index (χ4n) is 10.8. The van der Waals surface area contributed by atoms with Crippen molar-refractivity contribution >= 4 is 57.8 Å². The number of nitrogens with zero attached hydrogens (tertiary/aromatic N) is 5. The van der Waals surface area contributed by atoms with Gasteiger partial charge in [-0.2, -0.15) is 0 Å². The Labute approximate surface area is 445 Å². The Morgan fingerprint density at radius 2 is 1.46 bits per heavy atom. The van der Waals surface area contributed by atoms with Crippen molar-refractivity contribution in [3.05, 3.63) is 82.1 Å². The number of ether oxygens (including phenoxy) is 2. The Balaban J connectivity index is 1.52. The minimum absolute atomic E-state index is 0.00189. The third-order valence-electron chi connectivity index (χ3n) is 15.2. The van der Waals surface area contributed by atoms with Crippen LogP contribution in [0.1, 0.15) is 106 Å². The van der Waals surface area contributed by atoms with E-state index in [2.05, 4.69) is 34.4 Å². The molecule has 10 atom stereocenters. The molecule has 1 aromatic heterocycles. The van der Waals surface area contributed by atoms with Gasteiger partial charge in [-0.3, -0.25) is 43.7 Å². The number of para-hydroxylation sites is 1. The molecule has 3 aliphatic heterocycles. The fourth-order valence-corrected chi connectivity index (χ4v) is 10.8. The molecule has 20 nitrogen and oxygen atoms in total. The number of amides is 6. The van der Waals surface area contributed by atoms with Crippen molar-refractivity contribution < 1.29 is 53.1 Å². The number of nitro benzene ring substituents is 1. The highest BCUT2D eigenvalue weighted by atomic mass is 16.6. The van der Waals surface area contributed by atoms with E-state index in [0.29, 0.717) is 12.2 Å². The van der Waals surface area contributed by atoms with Crippen LogP contribution in [0.15, 0.2) is 60.8 Å². The van der Waals surface area contributed by atoms with E-state index >= 15 is 9.59 Å². The first-order valence-corrected chi connectivity index (χ1v) is 26.4. The van der Waals surface area contributed by atoms with Crippen LogP contribution in [0.5, 0.6) is 5.75 Å². The number of carbonyl (C=O) groups excluding carboxylic acids is 7. The molecule has 1 unspecified atom stereocenters. The van der Waals surface area contributed by atoms with Crippen LogP contribution in [-0.2, 0) is 61.4 Å². The van der Waals surface area contributed by atoms with Crippen LogP contribution in [0.2, 0.25) is 0 Å². The topological polar surface area (TPSA) is 255 Å². The second kappa shape index (κ2) is 24.5. The largest absolute Gasteiger partial charge is 0.502 e. The molecule has 3 aliphatic rings. The van der Waals surface area contributed by atoms with Crippen LogP contribution >= 0.6 is 0 Å². The van der Waals surface area contributed by atoms with Gasteiger partial charge in [0, 0.05) is 69.0 Å². The summed E-state index contributed by atoms with van der Waals surface area (Å²) in [6.07, 6.45) is 4.03. The molecule has 6 amide bonds. The van der Waals surface area contributed by atoms with Crippen molar-refractivity contribution in [2.24, 2.45) is 23.7 Å². The second-order valence-electron chi connectivity index (χ2n) is 22.4. The van der Waals surface area contributed by atoms with Gasteiger partial charge >= 0.3 is 5.69 Å². The standard InChI is InChI=1S/C56H78N8O12/c1-13-14-18-38-49(67)59-40(28-36-29-62(56(8,9)48-30-76-48)41-19-16-15-17-37(36)41)53(71)60(10)43(22-31(2)3)50(68)58-39(26-35-20-21-46(65)42(27-35)64(73)74)47(66)25-33(6)52(70)61(11)45-24-34(7)55(75-12)63(54(45)72)44(23-32(4)5)51(69)57-38/h13-17,19-21,27,29,31-34,38-40,43-45,48,55,65H,18,22-26,28,30H2,1-12H3,(H,57,69)(H,58,68)(H,59,67)/b14-13+/t33-,34?,38+,39+,40+,43+,44+,45+,48-,55-/m1/s1. The predicted molar refractivity (Wildman–Crippen MR) is 284 cm³/mol. The van der Waals surface area contributed by atoms with Gasteiger partial charge in [-0.25, -0.2) is 0 Å². The molecule has 76 heavy (non-hydrogen) atoms. The van der Waals surface area contributed by atoms with Gasteiger partial charge in [0.15, 0.2) is 11.5 Å². The molecule has 4 N–H and O–H groups in total. The minimum Gasteiger partial charge on any atom is -0.502 e. The number of epoxide rings is 1. The van der Waals surface area contributed by atoms with Crippen molar-refractivity contribution in [2.75, 3.05) is 27.8 Å². The monoisotopic (exact) mass is 1050 g/mol. The molecule has 0 radical (unpaired) electrons. The molecule has 414 valence electrons. The number of nitro groups is 1. The van der Waals surface area contributed by atoms with Gasteiger partial charge in [0.1, 0.15) is 42.5 Å². The number of ketones is 1. The van der Waals surface area contributed by atoms with Gasteiger partial charge in [-0.1, -0.05) is 78.0 Å². The number of piperidine rings is 1. The lowest BCUT2D eigenvalue weighted by Gasteiger charge is -2.48. The highest BCUT2D eigenvalue weighted by Gasteiger charge is 2.49. The number of methoxy groups -OCH3 is 1. The number of phenols is 1. The number of Topliss-reactive ketones (excluding diaryl/α,β-unsaturated/α-hetero) is 1. The minimum atomic E-state index is -1.40. The molecule has 3 aromatic rings. The van der Waals surface area contributed by atoms with Crippen molar-refractivity contribution in [3.63, 3.8) is 0 Å². The fraction of sp³-hybridized carbons (Fsp3) is 0.589. The Morgan fingerprint density at radius 3 is 2.08 bits per heavy atom. The molecule has 0 aliphatic carbocycles. The van der Waals surface area contributed by atoms with E-state index in [1.54, 1.807) is 19.1 Å². The van der Waals surface area contributed by atoms with E-state index < -0.39 is 124 Å². The number of likely N-dealkylation sites (N-methyl/N-ethyl adjacent to an activating group) is 2. The molecule has 20 heteroatoms. The molecule has 3 fully saturated rings. The van der Waals surface area contributed by atoms with Crippen LogP contribution in [0, 0.1) is 33.8 Å². The van der Waals surface area contributed by atoms with E-state index in [-0.39, 0.29) is 62.0 Å². The normalized spacial score (nSPS) is 27.0. The third-order valence-corrected chi connectivity index (χ3v) is 15.2. The molecule has 2 aromatic carbocycles.